The number of fused-ring (bicyclic) bond motifs is 1. The first-order valence-electron chi connectivity index (χ1n) is 7.98. The summed E-state index contributed by atoms with van der Waals surface area (Å²) in [4.78, 5) is 22.9. The zero-order valence-electron chi connectivity index (χ0n) is 13.8. The number of imidazole rings is 1. The Bertz CT molecular complexity index is 788. The first-order valence-corrected chi connectivity index (χ1v) is 9.14. The van der Waals surface area contributed by atoms with E-state index in [1.165, 1.54) is 24.4 Å². The molecule has 5 atom stereocenters. The number of carboxylic acid groups (broad SMARTS) is 1. The zero-order valence-corrected chi connectivity index (χ0v) is 14.6. The van der Waals surface area contributed by atoms with Crippen LogP contribution in [0.3, 0.4) is 0 Å². The molecule has 2 aromatic rings. The number of carbonyl (C=O) groups is 1. The maximum absolute atomic E-state index is 10.7. The molecule has 12 heteroatoms. The minimum atomic E-state index is -1.03. The quantitative estimate of drug-likeness (QED) is 0.351. The Labute approximate surface area is 152 Å². The van der Waals surface area contributed by atoms with E-state index in [0.29, 0.717) is 29.1 Å². The van der Waals surface area contributed by atoms with Gasteiger partial charge in [0.15, 0.2) is 17.7 Å². The van der Waals surface area contributed by atoms with Gasteiger partial charge in [-0.2, -0.15) is 11.8 Å². The van der Waals surface area contributed by atoms with E-state index < -0.39 is 36.5 Å². The number of aliphatic carboxylic acids is 1. The summed E-state index contributed by atoms with van der Waals surface area (Å²) in [7, 11) is 0. The topological polar surface area (TPSA) is 188 Å². The van der Waals surface area contributed by atoms with Crippen LogP contribution in [-0.4, -0.2) is 71.5 Å². The first-order chi connectivity index (χ1) is 12.4. The lowest BCUT2D eigenvalue weighted by atomic mass is 10.1. The van der Waals surface area contributed by atoms with Crippen LogP contribution in [0.25, 0.3) is 11.2 Å². The van der Waals surface area contributed by atoms with Crippen LogP contribution in [0.5, 0.6) is 0 Å². The predicted molar refractivity (Wildman–Crippen MR) is 95.2 cm³/mol. The van der Waals surface area contributed by atoms with E-state index in [2.05, 4.69) is 15.0 Å². The lowest BCUT2D eigenvalue weighted by Crippen LogP contribution is -2.39. The van der Waals surface area contributed by atoms with Crippen molar-refractivity contribution < 1.29 is 19.7 Å². The van der Waals surface area contributed by atoms with Crippen molar-refractivity contribution in [2.75, 3.05) is 17.2 Å². The van der Waals surface area contributed by atoms with Crippen LogP contribution in [0.1, 0.15) is 12.6 Å². The van der Waals surface area contributed by atoms with Crippen molar-refractivity contribution in [1.82, 2.24) is 19.5 Å². The molecule has 1 fully saturated rings. The predicted octanol–water partition coefficient (Wildman–Crippen LogP) is -1.47. The van der Waals surface area contributed by atoms with Gasteiger partial charge in [-0.15, -0.1) is 0 Å². The molecule has 0 aliphatic carbocycles. The molecular formula is C14H21N7O4S. The highest BCUT2D eigenvalue weighted by molar-refractivity contribution is 7.99. The second-order valence-corrected chi connectivity index (χ2v) is 7.17. The summed E-state index contributed by atoms with van der Waals surface area (Å²) < 4.78 is 7.54. The molecule has 0 aromatic carbocycles. The zero-order chi connectivity index (χ0) is 18.8. The molecule has 11 nitrogen and oxygen atoms in total. The molecule has 1 saturated heterocycles. The van der Waals surface area contributed by atoms with Crippen molar-refractivity contribution in [3.63, 3.8) is 0 Å². The summed E-state index contributed by atoms with van der Waals surface area (Å²) in [6.45, 7) is 0. The van der Waals surface area contributed by atoms with Crippen LogP contribution >= 0.6 is 11.8 Å². The number of carboxylic acids is 1. The van der Waals surface area contributed by atoms with Crippen molar-refractivity contribution >= 4 is 34.7 Å². The van der Waals surface area contributed by atoms with Gasteiger partial charge in [0.25, 0.3) is 0 Å². The van der Waals surface area contributed by atoms with E-state index in [1.807, 2.05) is 0 Å². The molecular weight excluding hydrogens is 362 g/mol. The number of nitrogens with two attached hydrogens (primary N) is 3. The lowest BCUT2D eigenvalue weighted by molar-refractivity contribution is -0.138. The van der Waals surface area contributed by atoms with Gasteiger partial charge in [0.2, 0.25) is 0 Å². The number of aromatic nitrogens is 4. The van der Waals surface area contributed by atoms with Gasteiger partial charge in [0, 0.05) is 5.75 Å². The molecule has 0 amide bonds. The monoisotopic (exact) mass is 383 g/mol. The van der Waals surface area contributed by atoms with Gasteiger partial charge < -0.3 is 32.2 Å². The van der Waals surface area contributed by atoms with E-state index in [9.17, 15) is 9.90 Å². The highest BCUT2D eigenvalue weighted by Crippen LogP contribution is 2.32. The SMILES string of the molecule is Nc1ncnc2c1ncn2[C@@H]1O[C@H](CSCC[C@H](N)C(=O)O)[C@@H](O)[C@H]1N. The van der Waals surface area contributed by atoms with Crippen LogP contribution in [-0.2, 0) is 9.53 Å². The van der Waals surface area contributed by atoms with Crippen LogP contribution in [0.4, 0.5) is 5.82 Å². The molecule has 2 aromatic heterocycles. The van der Waals surface area contributed by atoms with Crippen molar-refractivity contribution in [2.45, 2.75) is 36.9 Å². The fourth-order valence-electron chi connectivity index (χ4n) is 2.75. The highest BCUT2D eigenvalue weighted by atomic mass is 32.2. The van der Waals surface area contributed by atoms with E-state index in [-0.39, 0.29) is 5.82 Å². The van der Waals surface area contributed by atoms with E-state index in [4.69, 9.17) is 27.0 Å². The molecule has 3 rings (SSSR count). The number of anilines is 1. The second-order valence-electron chi connectivity index (χ2n) is 6.02. The molecule has 142 valence electrons. The Hall–Kier alpha value is -1.99. The second kappa shape index (κ2) is 7.72. The van der Waals surface area contributed by atoms with Crippen molar-refractivity contribution in [1.29, 1.82) is 0 Å². The molecule has 0 spiro atoms. The number of thioether (sulfide) groups is 1. The van der Waals surface area contributed by atoms with Crippen molar-refractivity contribution in [2.24, 2.45) is 11.5 Å². The molecule has 0 bridgehead atoms. The van der Waals surface area contributed by atoms with Gasteiger partial charge in [-0.3, -0.25) is 9.36 Å². The fourth-order valence-corrected chi connectivity index (χ4v) is 3.84. The van der Waals surface area contributed by atoms with E-state index in [0.717, 1.165) is 0 Å². The van der Waals surface area contributed by atoms with Crippen LogP contribution in [0.2, 0.25) is 0 Å². The number of hydrogen-bond acceptors (Lipinski definition) is 10. The normalized spacial score (nSPS) is 27.0. The summed E-state index contributed by atoms with van der Waals surface area (Å²) in [6.07, 6.45) is 1.15. The van der Waals surface area contributed by atoms with E-state index in [1.54, 1.807) is 4.57 Å². The minimum absolute atomic E-state index is 0.253. The maximum atomic E-state index is 10.7. The fraction of sp³-hybridized carbons (Fsp3) is 0.571. The van der Waals surface area contributed by atoms with Crippen LogP contribution in [0.15, 0.2) is 12.7 Å². The molecule has 26 heavy (non-hydrogen) atoms. The highest BCUT2D eigenvalue weighted by Gasteiger charge is 2.43. The molecule has 0 unspecified atom stereocenters. The maximum Gasteiger partial charge on any atom is 0.320 e. The molecule has 8 N–H and O–H groups in total. The van der Waals surface area contributed by atoms with Crippen molar-refractivity contribution in [3.05, 3.63) is 12.7 Å². The average Bonchev–Trinajstić information content (AvgIpc) is 3.15. The third-order valence-electron chi connectivity index (χ3n) is 4.25. The summed E-state index contributed by atoms with van der Waals surface area (Å²) in [6, 6.07) is -1.56. The number of nitrogens with zero attached hydrogens (tertiary/aromatic N) is 4. The Morgan fingerprint density at radius 1 is 1.42 bits per heavy atom. The molecule has 0 radical (unpaired) electrons. The summed E-state index contributed by atoms with van der Waals surface area (Å²) in [5.74, 6) is 0.222. The number of ether oxygens (including phenoxy) is 1. The van der Waals surface area contributed by atoms with Crippen molar-refractivity contribution in [3.8, 4) is 0 Å². The van der Waals surface area contributed by atoms with Gasteiger partial charge in [-0.25, -0.2) is 15.0 Å². The summed E-state index contributed by atoms with van der Waals surface area (Å²) >= 11 is 1.45. The van der Waals surface area contributed by atoms with Crippen LogP contribution in [0, 0.1) is 0 Å². The standard InChI is InChI=1S/C14H21N7O4S/c15-6(14(23)24)1-2-26-3-7-10(22)8(16)13(25-7)21-5-20-9-11(17)18-4-19-12(9)21/h4-8,10,13,22H,1-3,15-16H2,(H,23,24)(H2,17,18,19)/t6-,7+,8+,10+,13+/m0/s1. The number of aliphatic hydroxyl groups excluding tert-OH is 1. The minimum Gasteiger partial charge on any atom is -0.480 e. The number of hydrogen-bond donors (Lipinski definition) is 5. The molecule has 1 aliphatic heterocycles. The summed E-state index contributed by atoms with van der Waals surface area (Å²) in [5.41, 5.74) is 18.3. The first kappa shape index (κ1) is 18.8. The summed E-state index contributed by atoms with van der Waals surface area (Å²) in [5, 5.41) is 19.1. The van der Waals surface area contributed by atoms with Gasteiger partial charge in [-0.05, 0) is 12.2 Å². The van der Waals surface area contributed by atoms with Gasteiger partial charge in [-0.1, -0.05) is 0 Å². The Balaban J connectivity index is 1.64. The van der Waals surface area contributed by atoms with E-state index >= 15 is 0 Å². The Morgan fingerprint density at radius 3 is 2.92 bits per heavy atom. The third kappa shape index (κ3) is 3.59. The Morgan fingerprint density at radius 2 is 2.19 bits per heavy atom. The molecule has 3 heterocycles. The largest absolute Gasteiger partial charge is 0.480 e. The number of aliphatic hydroxyl groups is 1. The molecule has 0 saturated carbocycles. The Kier molecular flexibility index (Phi) is 5.58. The smallest absolute Gasteiger partial charge is 0.320 e. The van der Waals surface area contributed by atoms with Gasteiger partial charge in [0.05, 0.1) is 18.5 Å². The van der Waals surface area contributed by atoms with Gasteiger partial charge in [0.1, 0.15) is 24.0 Å². The van der Waals surface area contributed by atoms with Crippen LogP contribution < -0.4 is 17.2 Å². The lowest BCUT2D eigenvalue weighted by Gasteiger charge is -2.17. The average molecular weight is 383 g/mol. The van der Waals surface area contributed by atoms with Gasteiger partial charge >= 0.3 is 5.97 Å². The molecule has 1 aliphatic rings. The number of rotatable bonds is 7. The third-order valence-corrected chi connectivity index (χ3v) is 5.34. The number of nitrogen functional groups attached to an aromatic ring is 1.